The van der Waals surface area contributed by atoms with Gasteiger partial charge < -0.3 is 19.2 Å². The number of nitrogens with zero attached hydrogens (tertiary/aromatic N) is 1. The maximum atomic E-state index is 11.9. The van der Waals surface area contributed by atoms with Crippen molar-refractivity contribution in [3.8, 4) is 11.5 Å². The summed E-state index contributed by atoms with van der Waals surface area (Å²) in [5.74, 6) is 2.59. The molecule has 1 aromatic carbocycles. The van der Waals surface area contributed by atoms with Gasteiger partial charge in [0.05, 0.1) is 18.7 Å². The van der Waals surface area contributed by atoms with Gasteiger partial charge in [-0.1, -0.05) is 6.07 Å². The highest BCUT2D eigenvalue weighted by Crippen LogP contribution is 2.32. The van der Waals surface area contributed by atoms with Crippen LogP contribution in [-0.4, -0.2) is 17.7 Å². The number of hydrogen-bond donors (Lipinski definition) is 1. The van der Waals surface area contributed by atoms with E-state index in [0.29, 0.717) is 17.4 Å². The molecule has 1 N–H and O–H groups in total. The van der Waals surface area contributed by atoms with Gasteiger partial charge in [-0.3, -0.25) is 4.79 Å². The molecular weight excluding hydrogens is 272 g/mol. The molecule has 0 saturated heterocycles. The average molecular weight is 288 g/mol. The first-order valence-electron chi connectivity index (χ1n) is 6.70. The van der Waals surface area contributed by atoms with Gasteiger partial charge in [0.25, 0.3) is 0 Å². The Morgan fingerprint density at radius 2 is 2.10 bits per heavy atom. The summed E-state index contributed by atoms with van der Waals surface area (Å²) in [6.07, 6.45) is 0.273. The summed E-state index contributed by atoms with van der Waals surface area (Å²) in [5.41, 5.74) is 1.71. The Morgan fingerprint density at radius 3 is 2.86 bits per heavy atom. The van der Waals surface area contributed by atoms with E-state index >= 15 is 0 Å². The minimum absolute atomic E-state index is 0.0950. The highest BCUT2D eigenvalue weighted by atomic mass is 16.7. The van der Waals surface area contributed by atoms with E-state index in [2.05, 4.69) is 10.3 Å². The number of benzene rings is 1. The zero-order valence-corrected chi connectivity index (χ0v) is 11.9. The Bertz CT molecular complexity index is 659. The number of rotatable bonds is 4. The van der Waals surface area contributed by atoms with Crippen LogP contribution >= 0.6 is 0 Å². The van der Waals surface area contributed by atoms with Crippen LogP contribution in [0, 0.1) is 13.8 Å². The molecule has 1 aliphatic heterocycles. The zero-order chi connectivity index (χ0) is 14.8. The van der Waals surface area contributed by atoms with Crippen LogP contribution < -0.4 is 14.8 Å². The summed E-state index contributed by atoms with van der Waals surface area (Å²) in [7, 11) is 0. The lowest BCUT2D eigenvalue weighted by molar-refractivity contribution is -0.120. The Kier molecular flexibility index (Phi) is 3.51. The standard InChI is InChI=1S/C15H16N2O4/c1-9-10(2)21-15(17-9)7-16-14(18)6-11-3-4-12-13(5-11)20-8-19-12/h3-5H,6-8H2,1-2H3,(H,16,18). The van der Waals surface area contributed by atoms with Crippen molar-refractivity contribution in [2.24, 2.45) is 0 Å². The van der Waals surface area contributed by atoms with Gasteiger partial charge in [0.15, 0.2) is 11.5 Å². The largest absolute Gasteiger partial charge is 0.454 e. The third-order valence-electron chi connectivity index (χ3n) is 3.31. The maximum absolute atomic E-state index is 11.9. The van der Waals surface area contributed by atoms with E-state index in [-0.39, 0.29) is 25.7 Å². The molecule has 6 heteroatoms. The van der Waals surface area contributed by atoms with Gasteiger partial charge >= 0.3 is 0 Å². The van der Waals surface area contributed by atoms with E-state index in [1.165, 1.54) is 0 Å². The van der Waals surface area contributed by atoms with Crippen LogP contribution in [0.2, 0.25) is 0 Å². The van der Waals surface area contributed by atoms with E-state index in [1.807, 2.05) is 32.0 Å². The van der Waals surface area contributed by atoms with E-state index in [9.17, 15) is 4.79 Å². The topological polar surface area (TPSA) is 73.6 Å². The van der Waals surface area contributed by atoms with Crippen LogP contribution in [0.4, 0.5) is 0 Å². The lowest BCUT2D eigenvalue weighted by Gasteiger charge is -2.04. The third-order valence-corrected chi connectivity index (χ3v) is 3.31. The van der Waals surface area contributed by atoms with Crippen LogP contribution in [0.5, 0.6) is 11.5 Å². The number of fused-ring (bicyclic) bond motifs is 1. The van der Waals surface area contributed by atoms with Crippen molar-refractivity contribution < 1.29 is 18.7 Å². The molecule has 0 atom stereocenters. The minimum atomic E-state index is -0.0950. The average Bonchev–Trinajstić information content (AvgIpc) is 3.03. The Balaban J connectivity index is 1.56. The molecule has 1 amide bonds. The fourth-order valence-electron chi connectivity index (χ4n) is 2.09. The second kappa shape index (κ2) is 5.47. The normalized spacial score (nSPS) is 12.5. The van der Waals surface area contributed by atoms with Gasteiger partial charge in [-0.15, -0.1) is 0 Å². The molecule has 21 heavy (non-hydrogen) atoms. The second-order valence-electron chi connectivity index (χ2n) is 4.89. The first kappa shape index (κ1) is 13.5. The summed E-state index contributed by atoms with van der Waals surface area (Å²) in [6.45, 7) is 4.24. The summed E-state index contributed by atoms with van der Waals surface area (Å²) < 4.78 is 15.9. The number of carbonyl (C=O) groups is 1. The number of nitrogens with one attached hydrogen (secondary N) is 1. The molecule has 1 aliphatic rings. The molecule has 0 fully saturated rings. The number of amides is 1. The van der Waals surface area contributed by atoms with E-state index < -0.39 is 0 Å². The Hall–Kier alpha value is -2.50. The van der Waals surface area contributed by atoms with Gasteiger partial charge in [0.1, 0.15) is 5.76 Å². The number of ether oxygens (including phenoxy) is 2. The van der Waals surface area contributed by atoms with Gasteiger partial charge in [-0.05, 0) is 31.5 Å². The van der Waals surface area contributed by atoms with E-state index in [4.69, 9.17) is 13.9 Å². The fourth-order valence-corrected chi connectivity index (χ4v) is 2.09. The molecule has 0 bridgehead atoms. The summed E-state index contributed by atoms with van der Waals surface area (Å²) in [6, 6.07) is 5.49. The predicted molar refractivity (Wildman–Crippen MR) is 74.1 cm³/mol. The minimum Gasteiger partial charge on any atom is -0.454 e. The van der Waals surface area contributed by atoms with E-state index in [1.54, 1.807) is 0 Å². The summed E-state index contributed by atoms with van der Waals surface area (Å²) >= 11 is 0. The van der Waals surface area contributed by atoms with Crippen molar-refractivity contribution in [2.45, 2.75) is 26.8 Å². The SMILES string of the molecule is Cc1nc(CNC(=O)Cc2ccc3c(c2)OCO3)oc1C. The fraction of sp³-hybridized carbons (Fsp3) is 0.333. The second-order valence-corrected chi connectivity index (χ2v) is 4.89. The molecule has 0 aliphatic carbocycles. The lowest BCUT2D eigenvalue weighted by Crippen LogP contribution is -2.24. The van der Waals surface area contributed by atoms with Gasteiger partial charge in [-0.2, -0.15) is 0 Å². The van der Waals surface area contributed by atoms with Crippen LogP contribution in [0.25, 0.3) is 0 Å². The molecule has 2 aromatic rings. The van der Waals surface area contributed by atoms with Crippen molar-refractivity contribution in [1.82, 2.24) is 10.3 Å². The van der Waals surface area contributed by atoms with Gasteiger partial charge in [-0.25, -0.2) is 4.98 Å². The lowest BCUT2D eigenvalue weighted by atomic mass is 10.1. The van der Waals surface area contributed by atoms with Gasteiger partial charge in [0.2, 0.25) is 18.6 Å². The van der Waals surface area contributed by atoms with Crippen LogP contribution in [0.15, 0.2) is 22.6 Å². The molecule has 6 nitrogen and oxygen atoms in total. The van der Waals surface area contributed by atoms with Crippen molar-refractivity contribution in [3.63, 3.8) is 0 Å². The molecule has 0 radical (unpaired) electrons. The van der Waals surface area contributed by atoms with Crippen LogP contribution in [-0.2, 0) is 17.8 Å². The number of aromatic nitrogens is 1. The molecule has 3 rings (SSSR count). The number of oxazole rings is 1. The van der Waals surface area contributed by atoms with Crippen molar-refractivity contribution in [3.05, 3.63) is 41.1 Å². The summed E-state index contributed by atoms with van der Waals surface area (Å²) in [5, 5.41) is 2.79. The highest BCUT2D eigenvalue weighted by Gasteiger charge is 2.14. The molecular formula is C15H16N2O4. The zero-order valence-electron chi connectivity index (χ0n) is 11.9. The third kappa shape index (κ3) is 2.99. The molecule has 0 saturated carbocycles. The summed E-state index contributed by atoms with van der Waals surface area (Å²) in [4.78, 5) is 16.1. The van der Waals surface area contributed by atoms with E-state index in [0.717, 1.165) is 17.0 Å². The monoisotopic (exact) mass is 288 g/mol. The number of hydrogen-bond acceptors (Lipinski definition) is 5. The Morgan fingerprint density at radius 1 is 1.29 bits per heavy atom. The van der Waals surface area contributed by atoms with Crippen molar-refractivity contribution in [1.29, 1.82) is 0 Å². The highest BCUT2D eigenvalue weighted by molar-refractivity contribution is 5.78. The maximum Gasteiger partial charge on any atom is 0.231 e. The first-order chi connectivity index (χ1) is 10.1. The first-order valence-corrected chi connectivity index (χ1v) is 6.70. The molecule has 1 aromatic heterocycles. The predicted octanol–water partition coefficient (Wildman–Crippen LogP) is 1.88. The molecule has 2 heterocycles. The number of aryl methyl sites for hydroxylation is 2. The van der Waals surface area contributed by atoms with Crippen molar-refractivity contribution in [2.75, 3.05) is 6.79 Å². The smallest absolute Gasteiger partial charge is 0.231 e. The van der Waals surface area contributed by atoms with Crippen molar-refractivity contribution >= 4 is 5.91 Å². The Labute approximate surface area is 122 Å². The quantitative estimate of drug-likeness (QED) is 0.930. The molecule has 110 valence electrons. The number of carbonyl (C=O) groups excluding carboxylic acids is 1. The van der Waals surface area contributed by atoms with Crippen LogP contribution in [0.1, 0.15) is 22.9 Å². The molecule has 0 unspecified atom stereocenters. The molecule has 0 spiro atoms. The van der Waals surface area contributed by atoms with Gasteiger partial charge in [0, 0.05) is 0 Å². The van der Waals surface area contributed by atoms with Crippen LogP contribution in [0.3, 0.4) is 0 Å².